The lowest BCUT2D eigenvalue weighted by Crippen LogP contribution is -2.37. The van der Waals surface area contributed by atoms with Crippen molar-refractivity contribution in [3.63, 3.8) is 0 Å². The van der Waals surface area contributed by atoms with E-state index in [-0.39, 0.29) is 0 Å². The number of rotatable bonds is 5. The Morgan fingerprint density at radius 3 is 2.72 bits per heavy atom. The summed E-state index contributed by atoms with van der Waals surface area (Å²) < 4.78 is 1.93. The van der Waals surface area contributed by atoms with Gasteiger partial charge in [0.2, 0.25) is 0 Å². The lowest BCUT2D eigenvalue weighted by atomic mass is 9.99. The molecule has 102 valence electrons. The lowest BCUT2D eigenvalue weighted by Gasteiger charge is -2.30. The van der Waals surface area contributed by atoms with Crippen molar-refractivity contribution in [3.8, 4) is 0 Å². The average molecular weight is 250 g/mol. The van der Waals surface area contributed by atoms with Crippen LogP contribution in [0.5, 0.6) is 0 Å². The Labute approximate surface area is 110 Å². The van der Waals surface area contributed by atoms with Gasteiger partial charge < -0.3 is 10.2 Å². The molecule has 4 heteroatoms. The molecule has 18 heavy (non-hydrogen) atoms. The Bertz CT molecular complexity index is 364. The maximum atomic E-state index is 4.26. The van der Waals surface area contributed by atoms with E-state index >= 15 is 0 Å². The number of piperidine rings is 1. The van der Waals surface area contributed by atoms with Gasteiger partial charge in [-0.2, -0.15) is 5.10 Å². The molecule has 1 aliphatic heterocycles. The normalized spacial score (nSPS) is 18.4. The van der Waals surface area contributed by atoms with Crippen LogP contribution in [0.15, 0.2) is 6.20 Å². The van der Waals surface area contributed by atoms with E-state index < -0.39 is 0 Å². The van der Waals surface area contributed by atoms with Crippen molar-refractivity contribution in [2.45, 2.75) is 33.2 Å². The molecule has 1 N–H and O–H groups in total. The zero-order valence-electron chi connectivity index (χ0n) is 11.9. The predicted octanol–water partition coefficient (Wildman–Crippen LogP) is 1.55. The van der Waals surface area contributed by atoms with E-state index in [1.54, 1.807) is 0 Å². The first-order chi connectivity index (χ1) is 8.66. The molecule has 1 aromatic rings. The van der Waals surface area contributed by atoms with Crippen molar-refractivity contribution >= 4 is 0 Å². The Balaban J connectivity index is 1.63. The molecule has 0 radical (unpaired) electrons. The number of aryl methyl sites for hydroxylation is 1. The summed E-state index contributed by atoms with van der Waals surface area (Å²) in [5.74, 6) is 0.923. The fourth-order valence-electron chi connectivity index (χ4n) is 2.46. The summed E-state index contributed by atoms with van der Waals surface area (Å²) in [5.41, 5.74) is 2.57. The number of nitrogens with zero attached hydrogens (tertiary/aromatic N) is 3. The van der Waals surface area contributed by atoms with E-state index in [1.807, 2.05) is 17.9 Å². The second-order valence-electron chi connectivity index (χ2n) is 5.58. The van der Waals surface area contributed by atoms with Crippen LogP contribution in [0.1, 0.15) is 31.0 Å². The summed E-state index contributed by atoms with van der Waals surface area (Å²) >= 11 is 0. The summed E-state index contributed by atoms with van der Waals surface area (Å²) in [6.07, 6.45) is 4.69. The fourth-order valence-corrected chi connectivity index (χ4v) is 2.46. The van der Waals surface area contributed by atoms with Gasteiger partial charge in [-0.1, -0.05) is 6.92 Å². The van der Waals surface area contributed by atoms with Gasteiger partial charge in [0.1, 0.15) is 0 Å². The molecule has 2 rings (SSSR count). The van der Waals surface area contributed by atoms with E-state index in [2.05, 4.69) is 29.2 Å². The highest BCUT2D eigenvalue weighted by atomic mass is 15.3. The molecule has 0 unspecified atom stereocenters. The third kappa shape index (κ3) is 3.56. The SMILES string of the molecule is Cc1c(CNCCN2CCC(C)CC2)cnn1C. The number of hydrogen-bond acceptors (Lipinski definition) is 3. The molecular weight excluding hydrogens is 224 g/mol. The molecule has 0 saturated carbocycles. The molecule has 0 aliphatic carbocycles. The highest BCUT2D eigenvalue weighted by Gasteiger charge is 2.14. The van der Waals surface area contributed by atoms with Gasteiger partial charge in [-0.05, 0) is 38.8 Å². The number of aromatic nitrogens is 2. The van der Waals surface area contributed by atoms with Gasteiger partial charge in [0.15, 0.2) is 0 Å². The molecule has 1 fully saturated rings. The fraction of sp³-hybridized carbons (Fsp3) is 0.786. The number of likely N-dealkylation sites (tertiary alicyclic amines) is 1. The highest BCUT2D eigenvalue weighted by molar-refractivity contribution is 5.15. The molecule has 1 aliphatic rings. The second-order valence-corrected chi connectivity index (χ2v) is 5.58. The molecular formula is C14H26N4. The first-order valence-corrected chi connectivity index (χ1v) is 7.07. The maximum absolute atomic E-state index is 4.26. The van der Waals surface area contributed by atoms with Crippen LogP contribution in [0.4, 0.5) is 0 Å². The van der Waals surface area contributed by atoms with E-state index in [0.717, 1.165) is 19.0 Å². The number of hydrogen-bond donors (Lipinski definition) is 1. The lowest BCUT2D eigenvalue weighted by molar-refractivity contribution is 0.193. The van der Waals surface area contributed by atoms with Crippen molar-refractivity contribution in [2.24, 2.45) is 13.0 Å². The Hall–Kier alpha value is -0.870. The van der Waals surface area contributed by atoms with Crippen LogP contribution in [0.3, 0.4) is 0 Å². The van der Waals surface area contributed by atoms with E-state index in [0.29, 0.717) is 0 Å². The Kier molecular flexibility index (Phi) is 4.78. The summed E-state index contributed by atoms with van der Waals surface area (Å²) in [6, 6.07) is 0. The Morgan fingerprint density at radius 1 is 1.39 bits per heavy atom. The van der Waals surface area contributed by atoms with Crippen molar-refractivity contribution < 1.29 is 0 Å². The smallest absolute Gasteiger partial charge is 0.0537 e. The van der Waals surface area contributed by atoms with E-state index in [4.69, 9.17) is 0 Å². The number of nitrogens with one attached hydrogen (secondary N) is 1. The monoisotopic (exact) mass is 250 g/mol. The van der Waals surface area contributed by atoms with Gasteiger partial charge in [-0.25, -0.2) is 0 Å². The van der Waals surface area contributed by atoms with Crippen LogP contribution in [0, 0.1) is 12.8 Å². The van der Waals surface area contributed by atoms with Gasteiger partial charge in [-0.15, -0.1) is 0 Å². The average Bonchev–Trinajstić information content (AvgIpc) is 2.68. The zero-order chi connectivity index (χ0) is 13.0. The van der Waals surface area contributed by atoms with Crippen molar-refractivity contribution in [3.05, 3.63) is 17.5 Å². The van der Waals surface area contributed by atoms with Crippen LogP contribution in [-0.2, 0) is 13.6 Å². The molecule has 0 aromatic carbocycles. The summed E-state index contributed by atoms with van der Waals surface area (Å²) in [6.45, 7) is 10.2. The van der Waals surface area contributed by atoms with Gasteiger partial charge in [0, 0.05) is 37.9 Å². The van der Waals surface area contributed by atoms with E-state index in [9.17, 15) is 0 Å². The standard InChI is InChI=1S/C14H26N4/c1-12-4-7-18(8-5-12)9-6-15-10-14-11-16-17(3)13(14)2/h11-12,15H,4-10H2,1-3H3. The van der Waals surface area contributed by atoms with Gasteiger partial charge in [-0.3, -0.25) is 4.68 Å². The molecule has 2 heterocycles. The molecule has 4 nitrogen and oxygen atoms in total. The molecule has 1 aromatic heterocycles. The van der Waals surface area contributed by atoms with Crippen molar-refractivity contribution in [2.75, 3.05) is 26.2 Å². The van der Waals surface area contributed by atoms with Gasteiger partial charge in [0.05, 0.1) is 6.20 Å². The minimum Gasteiger partial charge on any atom is -0.311 e. The van der Waals surface area contributed by atoms with Crippen LogP contribution < -0.4 is 5.32 Å². The summed E-state index contributed by atoms with van der Waals surface area (Å²) in [7, 11) is 1.99. The van der Waals surface area contributed by atoms with Crippen LogP contribution in [0.2, 0.25) is 0 Å². The summed E-state index contributed by atoms with van der Waals surface area (Å²) in [5, 5.41) is 7.78. The Morgan fingerprint density at radius 2 is 2.11 bits per heavy atom. The van der Waals surface area contributed by atoms with Crippen LogP contribution >= 0.6 is 0 Å². The second kappa shape index (κ2) is 6.34. The molecule has 0 amide bonds. The van der Waals surface area contributed by atoms with Crippen LogP contribution in [-0.4, -0.2) is 40.9 Å². The molecule has 1 saturated heterocycles. The van der Waals surface area contributed by atoms with Gasteiger partial charge >= 0.3 is 0 Å². The third-order valence-corrected chi connectivity index (χ3v) is 4.13. The topological polar surface area (TPSA) is 33.1 Å². The largest absolute Gasteiger partial charge is 0.311 e. The minimum absolute atomic E-state index is 0.923. The first-order valence-electron chi connectivity index (χ1n) is 7.07. The molecule has 0 atom stereocenters. The predicted molar refractivity (Wildman–Crippen MR) is 74.5 cm³/mol. The van der Waals surface area contributed by atoms with Crippen molar-refractivity contribution in [1.29, 1.82) is 0 Å². The minimum atomic E-state index is 0.923. The van der Waals surface area contributed by atoms with E-state index in [1.165, 1.54) is 43.7 Å². The quantitative estimate of drug-likeness (QED) is 0.805. The van der Waals surface area contributed by atoms with Crippen LogP contribution in [0.25, 0.3) is 0 Å². The van der Waals surface area contributed by atoms with Gasteiger partial charge in [0.25, 0.3) is 0 Å². The van der Waals surface area contributed by atoms with Crippen molar-refractivity contribution in [1.82, 2.24) is 20.0 Å². The molecule has 0 spiro atoms. The third-order valence-electron chi connectivity index (χ3n) is 4.13. The summed E-state index contributed by atoms with van der Waals surface area (Å²) in [4.78, 5) is 2.57. The first kappa shape index (κ1) is 13.6. The maximum Gasteiger partial charge on any atom is 0.0537 e. The highest BCUT2D eigenvalue weighted by Crippen LogP contribution is 2.15. The zero-order valence-corrected chi connectivity index (χ0v) is 11.9. The molecule has 0 bridgehead atoms.